The molecule has 0 aliphatic heterocycles. The maximum atomic E-state index is 5.10. The summed E-state index contributed by atoms with van der Waals surface area (Å²) in [6, 6.07) is 34.6. The zero-order valence-corrected chi connectivity index (χ0v) is 28.3. The van der Waals surface area contributed by atoms with E-state index in [9.17, 15) is 0 Å². The third-order valence-corrected chi connectivity index (χ3v) is 11.2. The van der Waals surface area contributed by atoms with Crippen molar-refractivity contribution >= 4 is 66.6 Å². The van der Waals surface area contributed by atoms with E-state index in [0.29, 0.717) is 5.92 Å². The van der Waals surface area contributed by atoms with Crippen molar-refractivity contribution in [2.75, 3.05) is 0 Å². The third kappa shape index (κ3) is 4.69. The summed E-state index contributed by atoms with van der Waals surface area (Å²) in [4.78, 5) is 5.10. The number of benzene rings is 4. The van der Waals surface area contributed by atoms with E-state index >= 15 is 0 Å². The van der Waals surface area contributed by atoms with E-state index in [-0.39, 0.29) is 20.1 Å². The van der Waals surface area contributed by atoms with Crippen molar-refractivity contribution < 1.29 is 20.1 Å². The first-order valence-electron chi connectivity index (χ1n) is 14.2. The van der Waals surface area contributed by atoms with Crippen LogP contribution >= 0.6 is 11.3 Å². The van der Waals surface area contributed by atoms with Gasteiger partial charge in [-0.25, -0.2) is 0 Å². The van der Waals surface area contributed by atoms with Crippen molar-refractivity contribution in [3.05, 3.63) is 103 Å². The minimum atomic E-state index is -1.52. The average Bonchev–Trinajstić information content (AvgIpc) is 3.48. The van der Waals surface area contributed by atoms with Gasteiger partial charge in [0.15, 0.2) is 0 Å². The topological polar surface area (TPSA) is 17.8 Å². The van der Waals surface area contributed by atoms with Crippen LogP contribution in [0, 0.1) is 12.0 Å². The second-order valence-corrected chi connectivity index (χ2v) is 18.4. The molecule has 4 aromatic carbocycles. The summed E-state index contributed by atoms with van der Waals surface area (Å²) < 4.78 is 4.98. The number of fused-ring (bicyclic) bond motifs is 6. The molecule has 7 rings (SSSR count). The molecular weight excluding hydrogens is 713 g/mol. The minimum absolute atomic E-state index is 0. The molecule has 0 spiro atoms. The molecule has 0 amide bonds. The summed E-state index contributed by atoms with van der Waals surface area (Å²) in [7, 11) is -1.52. The number of hydrogen-bond donors (Lipinski definition) is 0. The molecule has 0 atom stereocenters. The van der Waals surface area contributed by atoms with Gasteiger partial charge in [-0.05, 0) is 57.2 Å². The van der Waals surface area contributed by atoms with Crippen LogP contribution in [0.3, 0.4) is 0 Å². The first kappa shape index (κ1) is 28.1. The Bertz CT molecular complexity index is 2010. The van der Waals surface area contributed by atoms with Gasteiger partial charge in [-0.2, -0.15) is 11.3 Å². The van der Waals surface area contributed by atoms with Gasteiger partial charge in [0.1, 0.15) is 0 Å². The van der Waals surface area contributed by atoms with Crippen molar-refractivity contribution in [2.45, 2.75) is 39.9 Å². The first-order valence-corrected chi connectivity index (χ1v) is 18.5. The van der Waals surface area contributed by atoms with Crippen LogP contribution in [0.25, 0.3) is 58.9 Å². The molecule has 1 radical (unpaired) electrons. The van der Waals surface area contributed by atoms with Crippen molar-refractivity contribution in [3.8, 4) is 16.9 Å². The Hall–Kier alpha value is -3.08. The van der Waals surface area contributed by atoms with Gasteiger partial charge in [0, 0.05) is 52.8 Å². The Labute approximate surface area is 260 Å². The molecule has 0 aliphatic rings. The smallest absolute Gasteiger partial charge is 0.0798 e. The van der Waals surface area contributed by atoms with E-state index in [0.717, 1.165) is 17.7 Å². The molecule has 207 valence electrons. The van der Waals surface area contributed by atoms with Crippen LogP contribution < -0.4 is 5.19 Å². The van der Waals surface area contributed by atoms with Crippen LogP contribution in [0.4, 0.5) is 0 Å². The van der Waals surface area contributed by atoms with Crippen LogP contribution in [0.1, 0.15) is 19.4 Å². The summed E-state index contributed by atoms with van der Waals surface area (Å²) >= 11 is 1.86. The summed E-state index contributed by atoms with van der Waals surface area (Å²) in [6.07, 6.45) is 3.25. The average molecular weight is 746 g/mol. The normalized spacial score (nSPS) is 12.1. The molecule has 0 saturated heterocycles. The Morgan fingerprint density at radius 1 is 0.854 bits per heavy atom. The van der Waals surface area contributed by atoms with E-state index in [2.05, 4.69) is 135 Å². The Morgan fingerprint density at radius 3 is 2.10 bits per heavy atom. The molecule has 0 unspecified atom stereocenters. The number of nitrogens with zero attached hydrogens (tertiary/aromatic N) is 2. The van der Waals surface area contributed by atoms with Crippen LogP contribution in [0.2, 0.25) is 19.6 Å². The van der Waals surface area contributed by atoms with E-state index in [1.54, 1.807) is 0 Å². The monoisotopic (exact) mass is 746 g/mol. The molecule has 0 N–H and O–H groups in total. The number of pyridine rings is 1. The predicted molar refractivity (Wildman–Crippen MR) is 177 cm³/mol. The SMILES string of the molecule is CC(C)Cc1cc(-c2[c-]cc(-n3c4ccccc4c4ccccc43)c3c2sc2ccccc23)ncc1[Si](C)(C)C.[Ir]. The van der Waals surface area contributed by atoms with E-state index < -0.39 is 8.07 Å². The van der Waals surface area contributed by atoms with Gasteiger partial charge in [-0.3, -0.25) is 0 Å². The van der Waals surface area contributed by atoms with E-state index in [1.807, 2.05) is 11.3 Å². The van der Waals surface area contributed by atoms with Gasteiger partial charge < -0.3 is 9.55 Å². The number of rotatable bonds is 5. The molecule has 2 nitrogen and oxygen atoms in total. The maximum Gasteiger partial charge on any atom is 0.0798 e. The van der Waals surface area contributed by atoms with Gasteiger partial charge in [-0.1, -0.05) is 105 Å². The van der Waals surface area contributed by atoms with E-state index in [1.165, 1.54) is 58.4 Å². The van der Waals surface area contributed by atoms with Crippen molar-refractivity contribution in [1.82, 2.24) is 9.55 Å². The summed E-state index contributed by atoms with van der Waals surface area (Å²) in [6.45, 7) is 11.9. The predicted octanol–water partition coefficient (Wildman–Crippen LogP) is 9.75. The zero-order valence-electron chi connectivity index (χ0n) is 24.1. The molecule has 41 heavy (non-hydrogen) atoms. The molecule has 3 heterocycles. The van der Waals surface area contributed by atoms with Gasteiger partial charge in [0.25, 0.3) is 0 Å². The van der Waals surface area contributed by atoms with Crippen molar-refractivity contribution in [1.29, 1.82) is 0 Å². The molecule has 0 saturated carbocycles. The number of thiophene rings is 1. The van der Waals surface area contributed by atoms with Gasteiger partial charge in [0.05, 0.1) is 8.07 Å². The largest absolute Gasteiger partial charge is 0.350 e. The van der Waals surface area contributed by atoms with Crippen molar-refractivity contribution in [2.24, 2.45) is 5.92 Å². The Morgan fingerprint density at radius 2 is 1.46 bits per heavy atom. The Kier molecular flexibility index (Phi) is 7.28. The van der Waals surface area contributed by atoms with E-state index in [4.69, 9.17) is 4.98 Å². The standard InChI is InChI=1S/C36H33N2SSi.Ir/c1-23(2)20-24-21-29(37-22-34(24)40(3,4)5)27-18-19-32(35-28-14-8-11-17-33(28)39-36(27)35)38-30-15-9-6-12-25(30)26-13-7-10-16-31(26)38;/h6-17,19,21-23H,20H2,1-5H3;/q-1;. The van der Waals surface area contributed by atoms with Crippen LogP contribution in [0.15, 0.2) is 91.1 Å². The van der Waals surface area contributed by atoms with Gasteiger partial charge in [0.2, 0.25) is 0 Å². The molecule has 0 bridgehead atoms. The quantitative estimate of drug-likeness (QED) is 0.127. The molecule has 0 fully saturated rings. The van der Waals surface area contributed by atoms with Crippen LogP contribution in [-0.2, 0) is 26.5 Å². The maximum absolute atomic E-state index is 5.10. The second-order valence-electron chi connectivity index (χ2n) is 12.3. The third-order valence-electron chi connectivity index (χ3n) is 7.93. The number of para-hydroxylation sites is 2. The molecular formula is C36H33IrN2SSi-. The summed E-state index contributed by atoms with van der Waals surface area (Å²) in [5, 5.41) is 6.59. The second kappa shape index (κ2) is 10.6. The minimum Gasteiger partial charge on any atom is -0.350 e. The van der Waals surface area contributed by atoms with Gasteiger partial charge >= 0.3 is 0 Å². The zero-order chi connectivity index (χ0) is 27.6. The fourth-order valence-corrected chi connectivity index (χ4v) is 9.04. The molecule has 5 heteroatoms. The molecule has 0 aliphatic carbocycles. The molecule has 3 aromatic heterocycles. The molecule has 7 aromatic rings. The van der Waals surface area contributed by atoms with Crippen LogP contribution in [0.5, 0.6) is 0 Å². The van der Waals surface area contributed by atoms with Crippen LogP contribution in [-0.4, -0.2) is 17.6 Å². The van der Waals surface area contributed by atoms with Gasteiger partial charge in [-0.15, -0.1) is 17.7 Å². The van der Waals surface area contributed by atoms with Crippen molar-refractivity contribution in [3.63, 3.8) is 0 Å². The Balaban J connectivity index is 0.00000302. The summed E-state index contributed by atoms with van der Waals surface area (Å²) in [5.74, 6) is 0.594. The fourth-order valence-electron chi connectivity index (χ4n) is 6.22. The fraction of sp³-hybridized carbons (Fsp3) is 0.194. The number of hydrogen-bond acceptors (Lipinski definition) is 2. The first-order chi connectivity index (χ1) is 19.3. The number of aromatic nitrogens is 2. The summed E-state index contributed by atoms with van der Waals surface area (Å²) in [5.41, 5.74) is 7.20.